The van der Waals surface area contributed by atoms with Crippen LogP contribution < -0.4 is 14.8 Å². The van der Waals surface area contributed by atoms with E-state index in [9.17, 15) is 4.79 Å². The SMILES string of the molecule is CCOc1ccccc1NC(=O)C(Sc1nncn1-c1ccccc1OC)c1ccccc1. The van der Waals surface area contributed by atoms with Crippen LogP contribution in [0.4, 0.5) is 5.69 Å². The first-order chi connectivity index (χ1) is 16.2. The van der Waals surface area contributed by atoms with Gasteiger partial charge in [0.1, 0.15) is 23.1 Å². The Morgan fingerprint density at radius 2 is 1.70 bits per heavy atom. The van der Waals surface area contributed by atoms with Crippen molar-refractivity contribution >= 4 is 23.4 Å². The van der Waals surface area contributed by atoms with Gasteiger partial charge in [-0.2, -0.15) is 0 Å². The number of nitrogens with zero attached hydrogens (tertiary/aromatic N) is 3. The third-order valence-corrected chi connectivity index (χ3v) is 6.08. The zero-order valence-corrected chi connectivity index (χ0v) is 19.2. The normalized spacial score (nSPS) is 11.6. The Bertz CT molecular complexity index is 1210. The van der Waals surface area contributed by atoms with Gasteiger partial charge in [-0.1, -0.05) is 66.4 Å². The second kappa shape index (κ2) is 10.7. The van der Waals surface area contributed by atoms with Crippen molar-refractivity contribution in [2.24, 2.45) is 0 Å². The molecule has 0 bridgehead atoms. The predicted octanol–water partition coefficient (Wildman–Crippen LogP) is 5.15. The first-order valence-electron chi connectivity index (χ1n) is 10.5. The van der Waals surface area contributed by atoms with Gasteiger partial charge in [0.25, 0.3) is 0 Å². The number of para-hydroxylation sites is 4. The van der Waals surface area contributed by atoms with Gasteiger partial charge in [-0.3, -0.25) is 9.36 Å². The highest BCUT2D eigenvalue weighted by Gasteiger charge is 2.26. The van der Waals surface area contributed by atoms with E-state index in [2.05, 4.69) is 15.5 Å². The number of thioether (sulfide) groups is 1. The molecule has 0 aliphatic heterocycles. The van der Waals surface area contributed by atoms with E-state index < -0.39 is 5.25 Å². The van der Waals surface area contributed by atoms with Gasteiger partial charge < -0.3 is 14.8 Å². The molecule has 1 unspecified atom stereocenters. The van der Waals surface area contributed by atoms with Crippen LogP contribution in [0, 0.1) is 0 Å². The summed E-state index contributed by atoms with van der Waals surface area (Å²) < 4.78 is 13.0. The van der Waals surface area contributed by atoms with Crippen LogP contribution in [0.15, 0.2) is 90.3 Å². The van der Waals surface area contributed by atoms with Crippen molar-refractivity contribution in [1.82, 2.24) is 14.8 Å². The van der Waals surface area contributed by atoms with Crippen LogP contribution in [-0.2, 0) is 4.79 Å². The van der Waals surface area contributed by atoms with Gasteiger partial charge in [-0.15, -0.1) is 10.2 Å². The molecule has 0 saturated heterocycles. The van der Waals surface area contributed by atoms with E-state index in [1.807, 2.05) is 90.4 Å². The van der Waals surface area contributed by atoms with Crippen LogP contribution in [0.3, 0.4) is 0 Å². The number of methoxy groups -OCH3 is 1. The van der Waals surface area contributed by atoms with Crippen LogP contribution >= 0.6 is 11.8 Å². The molecule has 4 rings (SSSR count). The summed E-state index contributed by atoms with van der Waals surface area (Å²) in [6.07, 6.45) is 1.62. The van der Waals surface area contributed by atoms with Gasteiger partial charge >= 0.3 is 0 Å². The highest BCUT2D eigenvalue weighted by molar-refractivity contribution is 8.00. The van der Waals surface area contributed by atoms with Crippen molar-refractivity contribution in [1.29, 1.82) is 0 Å². The molecule has 168 valence electrons. The summed E-state index contributed by atoms with van der Waals surface area (Å²) in [7, 11) is 1.62. The average molecular weight is 461 g/mol. The van der Waals surface area contributed by atoms with E-state index >= 15 is 0 Å². The van der Waals surface area contributed by atoms with Gasteiger partial charge in [-0.25, -0.2) is 0 Å². The molecule has 1 atom stereocenters. The molecule has 0 saturated carbocycles. The molecule has 0 radical (unpaired) electrons. The molecule has 3 aromatic carbocycles. The molecule has 0 aliphatic carbocycles. The molecule has 0 aliphatic rings. The van der Waals surface area contributed by atoms with Gasteiger partial charge in [-0.05, 0) is 36.8 Å². The molecule has 33 heavy (non-hydrogen) atoms. The van der Waals surface area contributed by atoms with E-state index in [0.29, 0.717) is 28.9 Å². The van der Waals surface area contributed by atoms with Crippen LogP contribution in [-0.4, -0.2) is 34.4 Å². The van der Waals surface area contributed by atoms with Gasteiger partial charge in [0, 0.05) is 0 Å². The number of carbonyl (C=O) groups is 1. The van der Waals surface area contributed by atoms with Gasteiger partial charge in [0.15, 0.2) is 5.16 Å². The molecule has 1 heterocycles. The molecule has 0 fully saturated rings. The summed E-state index contributed by atoms with van der Waals surface area (Å²) in [5, 5.41) is 11.4. The summed E-state index contributed by atoms with van der Waals surface area (Å²) in [4.78, 5) is 13.5. The Hall–Kier alpha value is -3.78. The number of anilines is 1. The summed E-state index contributed by atoms with van der Waals surface area (Å²) in [5.74, 6) is 1.13. The largest absolute Gasteiger partial charge is 0.495 e. The lowest BCUT2D eigenvalue weighted by Crippen LogP contribution is -2.20. The van der Waals surface area contributed by atoms with Crippen molar-refractivity contribution in [3.8, 4) is 17.2 Å². The fourth-order valence-electron chi connectivity index (χ4n) is 3.35. The molecule has 1 amide bonds. The molecule has 8 heteroatoms. The van der Waals surface area contributed by atoms with E-state index in [1.54, 1.807) is 13.4 Å². The van der Waals surface area contributed by atoms with Gasteiger partial charge in [0.2, 0.25) is 5.91 Å². The first-order valence-corrected chi connectivity index (χ1v) is 11.4. The molecule has 1 N–H and O–H groups in total. The zero-order chi connectivity index (χ0) is 23.0. The zero-order valence-electron chi connectivity index (χ0n) is 18.3. The lowest BCUT2D eigenvalue weighted by Gasteiger charge is -2.19. The average Bonchev–Trinajstić information content (AvgIpc) is 3.32. The minimum Gasteiger partial charge on any atom is -0.495 e. The Morgan fingerprint density at radius 1 is 1.00 bits per heavy atom. The summed E-state index contributed by atoms with van der Waals surface area (Å²) in [6, 6.07) is 24.6. The smallest absolute Gasteiger partial charge is 0.242 e. The number of aromatic nitrogens is 3. The maximum Gasteiger partial charge on any atom is 0.242 e. The Balaban J connectivity index is 1.67. The van der Waals surface area contributed by atoms with E-state index in [1.165, 1.54) is 11.8 Å². The van der Waals surface area contributed by atoms with Crippen LogP contribution in [0.5, 0.6) is 11.5 Å². The van der Waals surface area contributed by atoms with E-state index in [4.69, 9.17) is 9.47 Å². The highest BCUT2D eigenvalue weighted by Crippen LogP contribution is 2.38. The third-order valence-electron chi connectivity index (χ3n) is 4.87. The standard InChI is InChI=1S/C25H24N4O3S/c1-3-32-21-15-9-7-13-19(21)27-24(30)23(18-11-5-4-6-12-18)33-25-28-26-17-29(25)20-14-8-10-16-22(20)31-2/h4-17,23H,3H2,1-2H3,(H,27,30). The fourth-order valence-corrected chi connectivity index (χ4v) is 4.38. The van der Waals surface area contributed by atoms with Crippen molar-refractivity contribution in [2.75, 3.05) is 19.0 Å². The summed E-state index contributed by atoms with van der Waals surface area (Å²) >= 11 is 1.32. The monoisotopic (exact) mass is 460 g/mol. The van der Waals surface area contributed by atoms with Crippen LogP contribution in [0.1, 0.15) is 17.7 Å². The Kier molecular flexibility index (Phi) is 7.26. The topological polar surface area (TPSA) is 78.3 Å². The van der Waals surface area contributed by atoms with Gasteiger partial charge in [0.05, 0.1) is 25.1 Å². The lowest BCUT2D eigenvalue weighted by atomic mass is 10.1. The van der Waals surface area contributed by atoms with Crippen molar-refractivity contribution in [2.45, 2.75) is 17.3 Å². The number of hydrogen-bond donors (Lipinski definition) is 1. The number of hydrogen-bond acceptors (Lipinski definition) is 6. The number of nitrogens with one attached hydrogen (secondary N) is 1. The van der Waals surface area contributed by atoms with Crippen molar-refractivity contribution in [3.05, 3.63) is 90.8 Å². The maximum absolute atomic E-state index is 13.5. The third kappa shape index (κ3) is 5.18. The minimum absolute atomic E-state index is 0.187. The maximum atomic E-state index is 13.5. The molecular formula is C25H24N4O3S. The predicted molar refractivity (Wildman–Crippen MR) is 129 cm³/mol. The quantitative estimate of drug-likeness (QED) is 0.348. The molecule has 7 nitrogen and oxygen atoms in total. The van der Waals surface area contributed by atoms with Crippen molar-refractivity contribution < 1.29 is 14.3 Å². The first kappa shape index (κ1) is 22.4. The second-order valence-corrected chi connectivity index (χ2v) is 8.05. The molecular weight excluding hydrogens is 436 g/mol. The minimum atomic E-state index is -0.571. The van der Waals surface area contributed by atoms with E-state index in [0.717, 1.165) is 11.3 Å². The van der Waals surface area contributed by atoms with Crippen molar-refractivity contribution in [3.63, 3.8) is 0 Å². The van der Waals surface area contributed by atoms with Crippen LogP contribution in [0.25, 0.3) is 5.69 Å². The number of benzene rings is 3. The van der Waals surface area contributed by atoms with E-state index in [-0.39, 0.29) is 5.91 Å². The summed E-state index contributed by atoms with van der Waals surface area (Å²) in [6.45, 7) is 2.41. The second-order valence-electron chi connectivity index (χ2n) is 6.98. The molecule has 0 spiro atoms. The summed E-state index contributed by atoms with van der Waals surface area (Å²) in [5.41, 5.74) is 2.27. The molecule has 4 aromatic rings. The van der Waals surface area contributed by atoms with Crippen LogP contribution in [0.2, 0.25) is 0 Å². The number of rotatable bonds is 9. The highest BCUT2D eigenvalue weighted by atomic mass is 32.2. The Labute approximate surface area is 196 Å². The lowest BCUT2D eigenvalue weighted by molar-refractivity contribution is -0.115. The molecule has 1 aromatic heterocycles. The number of carbonyl (C=O) groups excluding carboxylic acids is 1. The fraction of sp³-hybridized carbons (Fsp3) is 0.160. The Morgan fingerprint density at radius 3 is 2.45 bits per heavy atom. The number of amides is 1. The number of ether oxygens (including phenoxy) is 2.